The van der Waals surface area contributed by atoms with Crippen LogP contribution in [0.3, 0.4) is 0 Å². The molecule has 4 rings (SSSR count). The zero-order chi connectivity index (χ0) is 24.0. The van der Waals surface area contributed by atoms with Crippen molar-refractivity contribution in [2.75, 3.05) is 11.5 Å². The third-order valence-corrected chi connectivity index (χ3v) is 6.03. The zero-order valence-electron chi connectivity index (χ0n) is 17.0. The van der Waals surface area contributed by atoms with Gasteiger partial charge >= 0.3 is 18.0 Å². The highest BCUT2D eigenvalue weighted by molar-refractivity contribution is 7.12. The first-order valence-corrected chi connectivity index (χ1v) is 10.4. The first-order valence-electron chi connectivity index (χ1n) is 9.57. The molecule has 0 bridgehead atoms. The fourth-order valence-electron chi connectivity index (χ4n) is 3.38. The van der Waals surface area contributed by atoms with Crippen molar-refractivity contribution >= 4 is 17.3 Å². The molecule has 0 saturated heterocycles. The summed E-state index contributed by atoms with van der Waals surface area (Å²) in [5, 5.41) is 0. The van der Waals surface area contributed by atoms with Gasteiger partial charge in [-0.3, -0.25) is 4.57 Å². The Kier molecular flexibility index (Phi) is 5.85. The normalized spacial score (nSPS) is 14.0. The quantitative estimate of drug-likeness (QED) is 0.492. The maximum atomic E-state index is 12.8. The van der Waals surface area contributed by atoms with Gasteiger partial charge in [0.15, 0.2) is 6.61 Å². The summed E-state index contributed by atoms with van der Waals surface area (Å²) in [6.07, 6.45) is -8.90. The number of alkyl halides is 6. The number of ether oxygens (including phenoxy) is 1. The fraction of sp³-hybridized carbons (Fsp3) is 0.350. The summed E-state index contributed by atoms with van der Waals surface area (Å²) in [7, 11) is 0. The third-order valence-electron chi connectivity index (χ3n) is 4.92. The van der Waals surface area contributed by atoms with Crippen LogP contribution in [0.25, 0.3) is 0 Å². The number of hydrogen-bond acceptors (Lipinski definition) is 6. The number of aryl methyl sites for hydroxylation is 1. The van der Waals surface area contributed by atoms with Crippen molar-refractivity contribution in [2.45, 2.75) is 38.9 Å². The maximum absolute atomic E-state index is 12.8. The van der Waals surface area contributed by atoms with Crippen LogP contribution >= 0.6 is 11.3 Å². The summed E-state index contributed by atoms with van der Waals surface area (Å²) < 4.78 is 81.5. The molecule has 6 nitrogen and oxygen atoms in total. The second kappa shape index (κ2) is 8.36. The molecule has 0 spiro atoms. The number of fused-ring (bicyclic) bond motifs is 1. The second-order valence-corrected chi connectivity index (χ2v) is 8.56. The molecule has 0 saturated carbocycles. The molecule has 1 aliphatic rings. The van der Waals surface area contributed by atoms with E-state index in [1.54, 1.807) is 17.9 Å². The molecule has 1 aliphatic heterocycles. The van der Waals surface area contributed by atoms with Crippen molar-refractivity contribution in [1.82, 2.24) is 14.5 Å². The van der Waals surface area contributed by atoms with Crippen molar-refractivity contribution in [3.05, 3.63) is 67.5 Å². The lowest BCUT2D eigenvalue weighted by atomic mass is 10.1. The Morgan fingerprint density at radius 3 is 2.39 bits per heavy atom. The van der Waals surface area contributed by atoms with E-state index < -0.39 is 29.5 Å². The number of halogens is 6. The van der Waals surface area contributed by atoms with Gasteiger partial charge < -0.3 is 9.64 Å². The van der Waals surface area contributed by atoms with Crippen LogP contribution in [0.1, 0.15) is 26.7 Å². The van der Waals surface area contributed by atoms with Gasteiger partial charge in [0, 0.05) is 18.0 Å². The van der Waals surface area contributed by atoms with Gasteiger partial charge in [0.2, 0.25) is 5.95 Å². The highest BCUT2D eigenvalue weighted by Crippen LogP contribution is 2.35. The molecule has 0 N–H and O–H groups in total. The highest BCUT2D eigenvalue weighted by Gasteiger charge is 2.32. The molecular weight excluding hydrogens is 474 g/mol. The molecule has 0 aliphatic carbocycles. The highest BCUT2D eigenvalue weighted by atomic mass is 32.1. The molecule has 33 heavy (non-hydrogen) atoms. The Bertz CT molecular complexity index is 1230. The topological polar surface area (TPSA) is 60.2 Å². The third kappa shape index (κ3) is 5.29. The van der Waals surface area contributed by atoms with E-state index in [-0.39, 0.29) is 30.6 Å². The van der Waals surface area contributed by atoms with Crippen LogP contribution in [0.2, 0.25) is 0 Å². The lowest BCUT2D eigenvalue weighted by molar-refractivity contribution is -0.153. The predicted octanol–water partition coefficient (Wildman–Crippen LogP) is 4.54. The SMILES string of the molecule is Cc1nc(N2Cc3ccc(OCC(F)(F)F)cc3C2)nc(=O)n1Cc1ccc(C(F)(F)F)s1. The minimum absolute atomic E-state index is 0.0783. The number of hydrogen-bond donors (Lipinski definition) is 0. The predicted molar refractivity (Wildman–Crippen MR) is 107 cm³/mol. The van der Waals surface area contributed by atoms with Gasteiger partial charge in [-0.05, 0) is 42.3 Å². The number of aromatic nitrogens is 3. The first kappa shape index (κ1) is 23.1. The molecular formula is C20H16F6N4O2S. The van der Waals surface area contributed by atoms with E-state index >= 15 is 0 Å². The van der Waals surface area contributed by atoms with E-state index in [2.05, 4.69) is 9.97 Å². The largest absolute Gasteiger partial charge is 0.484 e. The van der Waals surface area contributed by atoms with Gasteiger partial charge in [0.05, 0.1) is 6.54 Å². The standard InChI is InChI=1S/C20H16F6N4O2S/c1-11-27-17(28-18(31)30(11)9-15-4-5-16(33-15)20(24,25)26)29-7-12-2-3-14(6-13(12)8-29)32-10-19(21,22)23/h2-6H,7-10H2,1H3. The monoisotopic (exact) mass is 490 g/mol. The molecule has 0 unspecified atom stereocenters. The van der Waals surface area contributed by atoms with Crippen LogP contribution in [0.4, 0.5) is 32.3 Å². The lowest BCUT2D eigenvalue weighted by Crippen LogP contribution is -2.30. The van der Waals surface area contributed by atoms with Gasteiger partial charge in [-0.25, -0.2) is 4.79 Å². The molecule has 2 aromatic heterocycles. The minimum Gasteiger partial charge on any atom is -0.484 e. The van der Waals surface area contributed by atoms with Crippen LogP contribution in [0.5, 0.6) is 5.75 Å². The summed E-state index contributed by atoms with van der Waals surface area (Å²) in [4.78, 5) is 22.1. The number of rotatable bonds is 5. The Labute approximate surface area is 187 Å². The van der Waals surface area contributed by atoms with Crippen molar-refractivity contribution in [3.8, 4) is 5.75 Å². The summed E-state index contributed by atoms with van der Waals surface area (Å²) in [5.41, 5.74) is 0.890. The van der Waals surface area contributed by atoms with Gasteiger partial charge in [0.1, 0.15) is 16.5 Å². The molecule has 0 amide bonds. The van der Waals surface area contributed by atoms with E-state index in [1.165, 1.54) is 22.8 Å². The number of nitrogens with zero attached hydrogens (tertiary/aromatic N) is 4. The Hall–Kier alpha value is -3.09. The Morgan fingerprint density at radius 1 is 1.03 bits per heavy atom. The van der Waals surface area contributed by atoms with Gasteiger partial charge in [-0.2, -0.15) is 36.3 Å². The van der Waals surface area contributed by atoms with Crippen LogP contribution in [-0.4, -0.2) is 27.3 Å². The molecule has 1 aromatic carbocycles. The molecule has 13 heteroatoms. The molecule has 176 valence electrons. The van der Waals surface area contributed by atoms with Crippen LogP contribution in [-0.2, 0) is 25.8 Å². The summed E-state index contributed by atoms with van der Waals surface area (Å²) in [6.45, 7) is 0.673. The number of benzene rings is 1. The minimum atomic E-state index is -4.45. The summed E-state index contributed by atoms with van der Waals surface area (Å²) >= 11 is 0.547. The zero-order valence-corrected chi connectivity index (χ0v) is 17.8. The summed E-state index contributed by atoms with van der Waals surface area (Å²) in [6, 6.07) is 6.86. The van der Waals surface area contributed by atoms with Crippen LogP contribution in [0, 0.1) is 6.92 Å². The van der Waals surface area contributed by atoms with E-state index in [0.717, 1.165) is 17.2 Å². The average molecular weight is 490 g/mol. The van der Waals surface area contributed by atoms with Gasteiger partial charge in [-0.1, -0.05) is 6.07 Å². The number of anilines is 1. The average Bonchev–Trinajstić information content (AvgIpc) is 3.35. The smallest absolute Gasteiger partial charge is 0.425 e. The first-order chi connectivity index (χ1) is 15.4. The molecule has 0 atom stereocenters. The van der Waals surface area contributed by atoms with Crippen molar-refractivity contribution < 1.29 is 31.1 Å². The van der Waals surface area contributed by atoms with Crippen LogP contribution < -0.4 is 15.3 Å². The molecule has 0 radical (unpaired) electrons. The molecule has 3 heterocycles. The summed E-state index contributed by atoms with van der Waals surface area (Å²) in [5.74, 6) is 0.483. The second-order valence-electron chi connectivity index (χ2n) is 7.39. The van der Waals surface area contributed by atoms with E-state index in [0.29, 0.717) is 22.8 Å². The molecule has 0 fully saturated rings. The van der Waals surface area contributed by atoms with Gasteiger partial charge in [-0.15, -0.1) is 11.3 Å². The fourth-order valence-corrected chi connectivity index (χ4v) is 4.24. The van der Waals surface area contributed by atoms with Crippen molar-refractivity contribution in [2.24, 2.45) is 0 Å². The van der Waals surface area contributed by atoms with E-state index in [4.69, 9.17) is 4.74 Å². The molecule has 3 aromatic rings. The lowest BCUT2D eigenvalue weighted by Gasteiger charge is -2.17. The Balaban J connectivity index is 1.50. The maximum Gasteiger partial charge on any atom is 0.425 e. The van der Waals surface area contributed by atoms with Crippen molar-refractivity contribution in [3.63, 3.8) is 0 Å². The van der Waals surface area contributed by atoms with Crippen LogP contribution in [0.15, 0.2) is 35.1 Å². The van der Waals surface area contributed by atoms with E-state index in [9.17, 15) is 31.1 Å². The van der Waals surface area contributed by atoms with Crippen molar-refractivity contribution in [1.29, 1.82) is 0 Å². The van der Waals surface area contributed by atoms with Gasteiger partial charge in [0.25, 0.3) is 0 Å². The number of thiophene rings is 1. The Morgan fingerprint density at radius 2 is 1.76 bits per heavy atom. The van der Waals surface area contributed by atoms with E-state index in [1.807, 2.05) is 0 Å².